The molecule has 1 aliphatic rings. The average Bonchev–Trinajstić information content (AvgIpc) is 3.22. The second-order valence-electron chi connectivity index (χ2n) is 7.50. The maximum Gasteiger partial charge on any atom is 0.191 e. The Morgan fingerprint density at radius 2 is 2.10 bits per heavy atom. The van der Waals surface area contributed by atoms with Gasteiger partial charge in [0.1, 0.15) is 12.7 Å². The summed E-state index contributed by atoms with van der Waals surface area (Å²) < 4.78 is 1.83. The van der Waals surface area contributed by atoms with E-state index in [0.29, 0.717) is 0 Å². The van der Waals surface area contributed by atoms with Crippen molar-refractivity contribution in [2.24, 2.45) is 4.99 Å². The van der Waals surface area contributed by atoms with Crippen LogP contribution in [0.1, 0.15) is 43.7 Å². The van der Waals surface area contributed by atoms with E-state index < -0.39 is 0 Å². The van der Waals surface area contributed by atoms with Crippen molar-refractivity contribution < 1.29 is 0 Å². The number of likely N-dealkylation sites (tertiary alicyclic amines) is 1. The Bertz CT molecular complexity index is 732. The highest BCUT2D eigenvalue weighted by Gasteiger charge is 2.17. The van der Waals surface area contributed by atoms with Gasteiger partial charge in [0.25, 0.3) is 0 Å². The maximum atomic E-state index is 4.34. The number of benzene rings is 1. The lowest BCUT2D eigenvalue weighted by molar-refractivity contribution is 0.159. The summed E-state index contributed by atoms with van der Waals surface area (Å²) in [7, 11) is 1.82. The van der Waals surface area contributed by atoms with Gasteiger partial charge in [-0.1, -0.05) is 30.7 Å². The van der Waals surface area contributed by atoms with Crippen LogP contribution in [0.25, 0.3) is 0 Å². The van der Waals surface area contributed by atoms with Gasteiger partial charge in [-0.2, -0.15) is 5.10 Å². The van der Waals surface area contributed by atoms with Crippen LogP contribution in [0.5, 0.6) is 0 Å². The first-order valence-corrected chi connectivity index (χ1v) is 10.3. The molecule has 3 rings (SSSR count). The fraction of sp³-hybridized carbons (Fsp3) is 0.571. The topological polar surface area (TPSA) is 70.4 Å². The highest BCUT2D eigenvalue weighted by atomic mass is 127. The molecule has 1 atom stereocenters. The first-order chi connectivity index (χ1) is 13.7. The molecule has 0 saturated carbocycles. The van der Waals surface area contributed by atoms with Crippen LogP contribution >= 0.6 is 24.0 Å². The first-order valence-electron chi connectivity index (χ1n) is 10.3. The predicted octanol–water partition coefficient (Wildman–Crippen LogP) is 2.87. The minimum Gasteiger partial charge on any atom is -0.356 e. The first kappa shape index (κ1) is 23.6. The highest BCUT2D eigenvalue weighted by molar-refractivity contribution is 14.0. The lowest BCUT2D eigenvalue weighted by Crippen LogP contribution is -2.41. The van der Waals surface area contributed by atoms with Gasteiger partial charge in [-0.3, -0.25) is 4.99 Å². The molecule has 7 nitrogen and oxygen atoms in total. The Kier molecular flexibility index (Phi) is 10.4. The van der Waals surface area contributed by atoms with Gasteiger partial charge in [-0.05, 0) is 43.9 Å². The predicted molar refractivity (Wildman–Crippen MR) is 129 cm³/mol. The molecule has 1 aromatic heterocycles. The van der Waals surface area contributed by atoms with E-state index in [1.165, 1.54) is 36.9 Å². The molecule has 0 aliphatic carbocycles. The molecule has 2 aromatic rings. The molecule has 1 unspecified atom stereocenters. The lowest BCUT2D eigenvalue weighted by Gasteiger charge is -2.33. The number of guanidine groups is 1. The van der Waals surface area contributed by atoms with E-state index in [2.05, 4.69) is 61.8 Å². The molecule has 0 bridgehead atoms. The van der Waals surface area contributed by atoms with Crippen molar-refractivity contribution in [2.45, 2.75) is 51.7 Å². The van der Waals surface area contributed by atoms with E-state index in [0.717, 1.165) is 44.6 Å². The average molecular weight is 511 g/mol. The summed E-state index contributed by atoms with van der Waals surface area (Å²) in [6.45, 7) is 7.18. The third-order valence-electron chi connectivity index (χ3n) is 5.34. The fourth-order valence-electron chi connectivity index (χ4n) is 3.72. The quantitative estimate of drug-likeness (QED) is 0.247. The van der Waals surface area contributed by atoms with Crippen LogP contribution in [0.15, 0.2) is 41.9 Å². The molecular formula is C21H34IN7. The molecule has 1 saturated heterocycles. The van der Waals surface area contributed by atoms with Gasteiger partial charge in [-0.15, -0.1) is 24.0 Å². The van der Waals surface area contributed by atoms with Crippen molar-refractivity contribution in [3.05, 3.63) is 48.0 Å². The normalized spacial score (nSPS) is 17.6. The van der Waals surface area contributed by atoms with Crippen LogP contribution in [-0.4, -0.2) is 58.3 Å². The highest BCUT2D eigenvalue weighted by Crippen LogP contribution is 2.16. The van der Waals surface area contributed by atoms with Crippen molar-refractivity contribution in [1.29, 1.82) is 0 Å². The monoisotopic (exact) mass is 511 g/mol. The Labute approximate surface area is 191 Å². The number of nitrogens with one attached hydrogen (secondary N) is 2. The molecule has 1 aromatic carbocycles. The van der Waals surface area contributed by atoms with E-state index in [1.54, 1.807) is 12.7 Å². The number of piperidine rings is 1. The second-order valence-corrected chi connectivity index (χ2v) is 7.50. The SMILES string of the molecule is CN=C(NCCCN1CCCCC1C)NCc1cccc(Cn2cncn2)c1.I. The number of halogens is 1. The molecule has 2 heterocycles. The number of nitrogens with zero attached hydrogens (tertiary/aromatic N) is 5. The minimum atomic E-state index is 0. The summed E-state index contributed by atoms with van der Waals surface area (Å²) in [4.78, 5) is 11.0. The van der Waals surface area contributed by atoms with Crippen LogP contribution in [-0.2, 0) is 13.1 Å². The summed E-state index contributed by atoms with van der Waals surface area (Å²) in [5.41, 5.74) is 2.44. The van der Waals surface area contributed by atoms with Gasteiger partial charge in [0, 0.05) is 32.7 Å². The van der Waals surface area contributed by atoms with Crippen molar-refractivity contribution in [2.75, 3.05) is 26.7 Å². The van der Waals surface area contributed by atoms with Gasteiger partial charge in [0.2, 0.25) is 0 Å². The van der Waals surface area contributed by atoms with Gasteiger partial charge >= 0.3 is 0 Å². The van der Waals surface area contributed by atoms with Gasteiger partial charge < -0.3 is 15.5 Å². The summed E-state index contributed by atoms with van der Waals surface area (Å²) in [5.74, 6) is 0.855. The van der Waals surface area contributed by atoms with E-state index in [4.69, 9.17) is 0 Å². The van der Waals surface area contributed by atoms with Gasteiger partial charge in [0.15, 0.2) is 5.96 Å². The van der Waals surface area contributed by atoms with Crippen LogP contribution < -0.4 is 10.6 Å². The molecule has 2 N–H and O–H groups in total. The molecule has 0 amide bonds. The number of hydrogen-bond acceptors (Lipinski definition) is 4. The smallest absolute Gasteiger partial charge is 0.191 e. The molecule has 1 aliphatic heterocycles. The van der Waals surface area contributed by atoms with E-state index in [-0.39, 0.29) is 24.0 Å². The standard InChI is InChI=1S/C21H33N7.HI/c1-18-7-3-4-11-27(18)12-6-10-24-21(22-2)25-14-19-8-5-9-20(13-19)15-28-17-23-16-26-28;/h5,8-9,13,16-18H,3-4,6-7,10-12,14-15H2,1-2H3,(H2,22,24,25);1H. The fourth-order valence-corrected chi connectivity index (χ4v) is 3.72. The number of rotatable bonds is 8. The molecule has 0 radical (unpaired) electrons. The molecular weight excluding hydrogens is 477 g/mol. The van der Waals surface area contributed by atoms with Gasteiger partial charge in [-0.25, -0.2) is 9.67 Å². The van der Waals surface area contributed by atoms with Crippen molar-refractivity contribution >= 4 is 29.9 Å². The van der Waals surface area contributed by atoms with Crippen LogP contribution in [0.4, 0.5) is 0 Å². The molecule has 0 spiro atoms. The second kappa shape index (κ2) is 12.8. The van der Waals surface area contributed by atoms with Crippen molar-refractivity contribution in [3.63, 3.8) is 0 Å². The Balaban J connectivity index is 0.00000300. The largest absolute Gasteiger partial charge is 0.356 e. The van der Waals surface area contributed by atoms with E-state index in [1.807, 2.05) is 11.7 Å². The zero-order chi connectivity index (χ0) is 19.6. The third kappa shape index (κ3) is 7.93. The van der Waals surface area contributed by atoms with E-state index >= 15 is 0 Å². The Morgan fingerprint density at radius 1 is 1.24 bits per heavy atom. The Morgan fingerprint density at radius 3 is 2.86 bits per heavy atom. The van der Waals surface area contributed by atoms with Gasteiger partial charge in [0.05, 0.1) is 6.54 Å². The van der Waals surface area contributed by atoms with Crippen LogP contribution in [0.3, 0.4) is 0 Å². The molecule has 29 heavy (non-hydrogen) atoms. The maximum absolute atomic E-state index is 4.34. The number of aromatic nitrogens is 3. The van der Waals surface area contributed by atoms with Crippen LogP contribution in [0.2, 0.25) is 0 Å². The zero-order valence-electron chi connectivity index (χ0n) is 17.5. The van der Waals surface area contributed by atoms with E-state index in [9.17, 15) is 0 Å². The Hall–Kier alpha value is -1.68. The number of hydrogen-bond donors (Lipinski definition) is 2. The van der Waals surface area contributed by atoms with Crippen LogP contribution in [0, 0.1) is 0 Å². The van der Waals surface area contributed by atoms with Crippen molar-refractivity contribution in [3.8, 4) is 0 Å². The molecule has 1 fully saturated rings. The summed E-state index contributed by atoms with van der Waals surface area (Å²) in [5, 5.41) is 11.0. The lowest BCUT2D eigenvalue weighted by atomic mass is 10.0. The summed E-state index contributed by atoms with van der Waals surface area (Å²) in [6, 6.07) is 9.25. The molecule has 160 valence electrons. The molecule has 8 heteroatoms. The number of aliphatic imine (C=N–C) groups is 1. The summed E-state index contributed by atoms with van der Waals surface area (Å²) in [6.07, 6.45) is 8.50. The zero-order valence-corrected chi connectivity index (χ0v) is 19.9. The third-order valence-corrected chi connectivity index (χ3v) is 5.34. The minimum absolute atomic E-state index is 0. The van der Waals surface area contributed by atoms with Crippen molar-refractivity contribution in [1.82, 2.24) is 30.3 Å². The summed E-state index contributed by atoms with van der Waals surface area (Å²) >= 11 is 0.